The monoisotopic (exact) mass is 482 g/mol. The number of benzene rings is 2. The summed E-state index contributed by atoms with van der Waals surface area (Å²) in [5.41, 5.74) is 0.662. The van der Waals surface area contributed by atoms with Gasteiger partial charge in [-0.2, -0.15) is 13.2 Å². The van der Waals surface area contributed by atoms with E-state index in [9.17, 15) is 26.4 Å². The Balaban J connectivity index is 2.01. The van der Waals surface area contributed by atoms with Gasteiger partial charge < -0.3 is 14.5 Å². The molecule has 1 aromatic heterocycles. The number of halogens is 3. The van der Waals surface area contributed by atoms with Crippen molar-refractivity contribution in [2.45, 2.75) is 24.9 Å². The third-order valence-corrected chi connectivity index (χ3v) is 6.48. The van der Waals surface area contributed by atoms with Crippen LogP contribution in [0.25, 0.3) is 0 Å². The van der Waals surface area contributed by atoms with Gasteiger partial charge in [0.1, 0.15) is 5.75 Å². The highest BCUT2D eigenvalue weighted by molar-refractivity contribution is 7.92. The molecular formula is C22H21F3N2O5S. The predicted octanol–water partition coefficient (Wildman–Crippen LogP) is 5.00. The van der Waals surface area contributed by atoms with Crippen molar-refractivity contribution in [3.05, 3.63) is 72.2 Å². The molecule has 176 valence electrons. The molecule has 0 unspecified atom stereocenters. The molecule has 0 bridgehead atoms. The molecule has 7 nitrogen and oxygen atoms in total. The van der Waals surface area contributed by atoms with E-state index in [0.29, 0.717) is 11.3 Å². The van der Waals surface area contributed by atoms with Crippen LogP contribution in [-0.2, 0) is 10.0 Å². The summed E-state index contributed by atoms with van der Waals surface area (Å²) in [6.45, 7) is 1.74. The molecule has 0 saturated carbocycles. The van der Waals surface area contributed by atoms with Gasteiger partial charge >= 0.3 is 6.18 Å². The van der Waals surface area contributed by atoms with Crippen molar-refractivity contribution in [3.63, 3.8) is 0 Å². The number of amides is 1. The standard InChI is InChI=1S/C22H21F3N2O5S/c1-3-27(16-7-5-4-6-8-16)33(29,30)17-9-10-19(32-14-22(23,24)25)18(13-17)26-21(28)20-15(2)11-12-31-20/h4-13H,3,14H2,1-2H3,(H,26,28). The second-order valence-electron chi connectivity index (χ2n) is 6.95. The number of carbonyl (C=O) groups is 1. The Morgan fingerprint density at radius 3 is 2.39 bits per heavy atom. The second-order valence-corrected chi connectivity index (χ2v) is 8.82. The third-order valence-electron chi connectivity index (χ3n) is 4.58. The number of para-hydroxylation sites is 1. The molecule has 3 rings (SSSR count). The van der Waals surface area contributed by atoms with Crippen molar-refractivity contribution in [1.29, 1.82) is 0 Å². The topological polar surface area (TPSA) is 88.9 Å². The average molecular weight is 482 g/mol. The molecular weight excluding hydrogens is 461 g/mol. The highest BCUT2D eigenvalue weighted by Crippen LogP contribution is 2.32. The number of carbonyl (C=O) groups excluding carboxylic acids is 1. The Morgan fingerprint density at radius 1 is 1.12 bits per heavy atom. The van der Waals surface area contributed by atoms with E-state index in [1.54, 1.807) is 44.2 Å². The number of alkyl halides is 3. The van der Waals surface area contributed by atoms with Gasteiger partial charge in [-0.3, -0.25) is 9.10 Å². The number of ether oxygens (including phenoxy) is 1. The smallest absolute Gasteiger partial charge is 0.422 e. The van der Waals surface area contributed by atoms with E-state index in [2.05, 4.69) is 5.32 Å². The average Bonchev–Trinajstić information content (AvgIpc) is 3.19. The van der Waals surface area contributed by atoms with Crippen molar-refractivity contribution >= 4 is 27.3 Å². The van der Waals surface area contributed by atoms with Gasteiger partial charge in [-0.1, -0.05) is 18.2 Å². The Hall–Kier alpha value is -3.47. The zero-order valence-corrected chi connectivity index (χ0v) is 18.5. The molecule has 1 amide bonds. The van der Waals surface area contributed by atoms with Crippen LogP contribution < -0.4 is 14.4 Å². The molecule has 3 aromatic rings. The van der Waals surface area contributed by atoms with Gasteiger partial charge in [-0.05, 0) is 50.2 Å². The van der Waals surface area contributed by atoms with Gasteiger partial charge in [0, 0.05) is 12.1 Å². The summed E-state index contributed by atoms with van der Waals surface area (Å²) in [6.07, 6.45) is -3.35. The predicted molar refractivity (Wildman–Crippen MR) is 116 cm³/mol. The van der Waals surface area contributed by atoms with Crippen LogP contribution in [0.1, 0.15) is 23.0 Å². The van der Waals surface area contributed by atoms with Crippen LogP contribution >= 0.6 is 0 Å². The van der Waals surface area contributed by atoms with Gasteiger partial charge in [0.05, 0.1) is 22.5 Å². The molecule has 0 aliphatic rings. The van der Waals surface area contributed by atoms with Crippen LogP contribution in [0, 0.1) is 6.92 Å². The molecule has 1 heterocycles. The minimum Gasteiger partial charge on any atom is -0.482 e. The Morgan fingerprint density at radius 2 is 1.82 bits per heavy atom. The summed E-state index contributed by atoms with van der Waals surface area (Å²) in [5.74, 6) is -1.17. The van der Waals surface area contributed by atoms with Crippen molar-refractivity contribution in [2.75, 3.05) is 22.8 Å². The van der Waals surface area contributed by atoms with Gasteiger partial charge in [0.2, 0.25) is 0 Å². The molecule has 0 radical (unpaired) electrons. The molecule has 0 aliphatic heterocycles. The number of hydrogen-bond donors (Lipinski definition) is 1. The first kappa shape index (κ1) is 24.2. The maximum atomic E-state index is 13.3. The second kappa shape index (κ2) is 9.57. The van der Waals surface area contributed by atoms with E-state index < -0.39 is 28.7 Å². The molecule has 11 heteroatoms. The Bertz CT molecular complexity index is 1220. The van der Waals surface area contributed by atoms with Crippen LogP contribution in [0.5, 0.6) is 5.75 Å². The minimum absolute atomic E-state index is 0.0653. The van der Waals surface area contributed by atoms with Gasteiger partial charge in [-0.25, -0.2) is 8.42 Å². The Kier molecular flexibility index (Phi) is 7.01. The van der Waals surface area contributed by atoms with E-state index in [-0.39, 0.29) is 28.6 Å². The normalized spacial score (nSPS) is 11.8. The maximum Gasteiger partial charge on any atom is 0.422 e. The van der Waals surface area contributed by atoms with Gasteiger partial charge in [0.15, 0.2) is 12.4 Å². The zero-order valence-electron chi connectivity index (χ0n) is 17.7. The van der Waals surface area contributed by atoms with Crippen LogP contribution in [0.3, 0.4) is 0 Å². The number of anilines is 2. The summed E-state index contributed by atoms with van der Waals surface area (Å²) in [7, 11) is -4.10. The lowest BCUT2D eigenvalue weighted by Gasteiger charge is -2.23. The van der Waals surface area contributed by atoms with E-state index in [1.807, 2.05) is 0 Å². The maximum absolute atomic E-state index is 13.3. The van der Waals surface area contributed by atoms with Gasteiger partial charge in [-0.15, -0.1) is 0 Å². The molecule has 1 N–H and O–H groups in total. The first-order chi connectivity index (χ1) is 15.5. The lowest BCUT2D eigenvalue weighted by molar-refractivity contribution is -0.153. The summed E-state index contributed by atoms with van der Waals surface area (Å²) in [6, 6.07) is 13.1. The quantitative estimate of drug-likeness (QED) is 0.488. The van der Waals surface area contributed by atoms with Crippen molar-refractivity contribution in [3.8, 4) is 5.75 Å². The number of aryl methyl sites for hydroxylation is 1. The van der Waals surface area contributed by atoms with Crippen molar-refractivity contribution in [2.24, 2.45) is 0 Å². The molecule has 0 atom stereocenters. The fourth-order valence-electron chi connectivity index (χ4n) is 3.05. The molecule has 2 aromatic carbocycles. The lowest BCUT2D eigenvalue weighted by Crippen LogP contribution is -2.30. The van der Waals surface area contributed by atoms with E-state index in [1.165, 1.54) is 12.3 Å². The lowest BCUT2D eigenvalue weighted by atomic mass is 10.2. The number of hydrogen-bond acceptors (Lipinski definition) is 5. The van der Waals surface area contributed by atoms with Crippen LogP contribution in [0.4, 0.5) is 24.5 Å². The van der Waals surface area contributed by atoms with E-state index >= 15 is 0 Å². The molecule has 0 fully saturated rings. The number of nitrogens with zero attached hydrogens (tertiary/aromatic N) is 1. The van der Waals surface area contributed by atoms with Crippen molar-refractivity contribution < 1.29 is 35.5 Å². The fraction of sp³-hybridized carbons (Fsp3) is 0.227. The summed E-state index contributed by atoms with van der Waals surface area (Å²) < 4.78 is 75.7. The van der Waals surface area contributed by atoms with Crippen LogP contribution in [-0.4, -0.2) is 33.7 Å². The minimum atomic E-state index is -4.63. The number of nitrogens with one attached hydrogen (secondary N) is 1. The summed E-state index contributed by atoms with van der Waals surface area (Å²) in [4.78, 5) is 12.3. The first-order valence-electron chi connectivity index (χ1n) is 9.79. The third kappa shape index (κ3) is 5.67. The molecule has 0 spiro atoms. The number of rotatable bonds is 8. The van der Waals surface area contributed by atoms with E-state index in [0.717, 1.165) is 22.5 Å². The highest BCUT2D eigenvalue weighted by atomic mass is 32.2. The molecule has 0 aliphatic carbocycles. The summed E-state index contributed by atoms with van der Waals surface area (Å²) in [5, 5.41) is 2.39. The molecule has 33 heavy (non-hydrogen) atoms. The number of furan rings is 1. The molecule has 0 saturated heterocycles. The van der Waals surface area contributed by atoms with Crippen LogP contribution in [0.2, 0.25) is 0 Å². The van der Waals surface area contributed by atoms with E-state index in [4.69, 9.17) is 9.15 Å². The number of sulfonamides is 1. The van der Waals surface area contributed by atoms with Gasteiger partial charge in [0.25, 0.3) is 15.9 Å². The zero-order chi connectivity index (χ0) is 24.2. The Labute approximate surface area is 188 Å². The fourth-order valence-corrected chi connectivity index (χ4v) is 4.55. The summed E-state index contributed by atoms with van der Waals surface area (Å²) >= 11 is 0. The first-order valence-corrected chi connectivity index (χ1v) is 11.2. The highest BCUT2D eigenvalue weighted by Gasteiger charge is 2.30. The largest absolute Gasteiger partial charge is 0.482 e. The van der Waals surface area contributed by atoms with Crippen molar-refractivity contribution in [1.82, 2.24) is 0 Å². The SMILES string of the molecule is CCN(c1ccccc1)S(=O)(=O)c1ccc(OCC(F)(F)F)c(NC(=O)c2occc2C)c1. The van der Waals surface area contributed by atoms with Crippen LogP contribution in [0.15, 0.2) is 70.2 Å².